The number of carbonyl (C=O) groups is 2. The molecule has 0 unspecified atom stereocenters. The fourth-order valence-electron chi connectivity index (χ4n) is 2.47. The molecule has 0 radical (unpaired) electrons. The Labute approximate surface area is 120 Å². The molecule has 0 spiro atoms. The lowest BCUT2D eigenvalue weighted by molar-refractivity contribution is -0.140. The van der Waals surface area contributed by atoms with Crippen molar-refractivity contribution < 1.29 is 14.7 Å². The molecule has 1 aliphatic carbocycles. The van der Waals surface area contributed by atoms with E-state index in [2.05, 4.69) is 5.32 Å². The van der Waals surface area contributed by atoms with E-state index in [0.717, 1.165) is 15.6 Å². The first-order chi connectivity index (χ1) is 9.83. The summed E-state index contributed by atoms with van der Waals surface area (Å²) in [5.41, 5.74) is -1.73. The van der Waals surface area contributed by atoms with Gasteiger partial charge in [0.2, 0.25) is 5.91 Å². The standard InChI is InChI=1S/C13H17N3O5/c1-15-10(18)3-6-16(12(15)21)8-9(17)14-13(4-2-5-13)7-11(19)20/h3,6H,2,4-5,7-8H2,1H3,(H,14,17)(H,19,20). The number of aliphatic carboxylic acids is 1. The molecule has 1 aromatic rings. The largest absolute Gasteiger partial charge is 0.481 e. The topological polar surface area (TPSA) is 110 Å². The minimum absolute atomic E-state index is 0.124. The summed E-state index contributed by atoms with van der Waals surface area (Å²) in [6.45, 7) is -0.242. The molecule has 0 bridgehead atoms. The molecule has 8 nitrogen and oxygen atoms in total. The van der Waals surface area contributed by atoms with Crippen LogP contribution in [0.5, 0.6) is 0 Å². The van der Waals surface area contributed by atoms with Gasteiger partial charge in [0.1, 0.15) is 6.54 Å². The number of hydrogen-bond acceptors (Lipinski definition) is 4. The van der Waals surface area contributed by atoms with Gasteiger partial charge in [-0.1, -0.05) is 0 Å². The summed E-state index contributed by atoms with van der Waals surface area (Å²) < 4.78 is 2.02. The van der Waals surface area contributed by atoms with Gasteiger partial charge in [-0.25, -0.2) is 4.79 Å². The zero-order chi connectivity index (χ0) is 15.6. The van der Waals surface area contributed by atoms with E-state index in [0.29, 0.717) is 12.8 Å². The molecule has 8 heteroatoms. The molecular weight excluding hydrogens is 278 g/mol. The summed E-state index contributed by atoms with van der Waals surface area (Å²) in [5, 5.41) is 11.6. The maximum absolute atomic E-state index is 12.0. The molecule has 1 fully saturated rings. The monoisotopic (exact) mass is 295 g/mol. The lowest BCUT2D eigenvalue weighted by Crippen LogP contribution is -2.55. The molecule has 1 aliphatic rings. The summed E-state index contributed by atoms with van der Waals surface area (Å²) in [7, 11) is 1.33. The molecule has 1 amide bonds. The summed E-state index contributed by atoms with van der Waals surface area (Å²) in [6, 6.07) is 1.20. The number of carboxylic acids is 1. The van der Waals surface area contributed by atoms with Gasteiger partial charge in [-0.05, 0) is 19.3 Å². The predicted molar refractivity (Wildman–Crippen MR) is 72.9 cm³/mol. The van der Waals surface area contributed by atoms with E-state index in [4.69, 9.17) is 5.11 Å². The number of nitrogens with one attached hydrogen (secondary N) is 1. The van der Waals surface area contributed by atoms with Crippen molar-refractivity contribution in [1.29, 1.82) is 0 Å². The fourth-order valence-corrected chi connectivity index (χ4v) is 2.47. The number of amides is 1. The van der Waals surface area contributed by atoms with E-state index in [1.807, 2.05) is 0 Å². The van der Waals surface area contributed by atoms with Crippen LogP contribution in [0.1, 0.15) is 25.7 Å². The molecule has 1 saturated carbocycles. The van der Waals surface area contributed by atoms with Crippen LogP contribution in [0, 0.1) is 0 Å². The molecular formula is C13H17N3O5. The minimum Gasteiger partial charge on any atom is -0.481 e. The van der Waals surface area contributed by atoms with Crippen LogP contribution in [0.25, 0.3) is 0 Å². The predicted octanol–water partition coefficient (Wildman–Crippen LogP) is -0.939. The third-order valence-corrected chi connectivity index (χ3v) is 3.78. The van der Waals surface area contributed by atoms with Crippen LogP contribution in [0.15, 0.2) is 21.9 Å². The number of carbonyl (C=O) groups excluding carboxylic acids is 1. The second-order valence-corrected chi connectivity index (χ2v) is 5.38. The molecule has 21 heavy (non-hydrogen) atoms. The molecule has 2 N–H and O–H groups in total. The van der Waals surface area contributed by atoms with Crippen molar-refractivity contribution in [1.82, 2.24) is 14.5 Å². The third kappa shape index (κ3) is 3.21. The van der Waals surface area contributed by atoms with Crippen LogP contribution in [-0.4, -0.2) is 31.7 Å². The molecule has 0 aliphatic heterocycles. The Morgan fingerprint density at radius 2 is 2.05 bits per heavy atom. The van der Waals surface area contributed by atoms with Crippen LogP contribution < -0.4 is 16.6 Å². The van der Waals surface area contributed by atoms with E-state index < -0.39 is 28.7 Å². The van der Waals surface area contributed by atoms with Crippen molar-refractivity contribution in [3.63, 3.8) is 0 Å². The molecule has 2 rings (SSSR count). The van der Waals surface area contributed by atoms with Crippen LogP contribution >= 0.6 is 0 Å². The number of aromatic nitrogens is 2. The Kier molecular flexibility index (Phi) is 3.97. The van der Waals surface area contributed by atoms with Gasteiger partial charge in [0.15, 0.2) is 0 Å². The van der Waals surface area contributed by atoms with E-state index in [1.54, 1.807) is 0 Å². The van der Waals surface area contributed by atoms with Crippen molar-refractivity contribution in [2.45, 2.75) is 37.8 Å². The van der Waals surface area contributed by atoms with E-state index in [-0.39, 0.29) is 13.0 Å². The highest BCUT2D eigenvalue weighted by Gasteiger charge is 2.40. The van der Waals surface area contributed by atoms with E-state index in [9.17, 15) is 19.2 Å². The Balaban J connectivity index is 2.09. The van der Waals surface area contributed by atoms with Crippen molar-refractivity contribution in [2.75, 3.05) is 0 Å². The molecule has 1 aromatic heterocycles. The fraction of sp³-hybridized carbons (Fsp3) is 0.538. The molecule has 0 atom stereocenters. The van der Waals surface area contributed by atoms with Crippen LogP contribution in [0.3, 0.4) is 0 Å². The Bertz CT molecular complexity index is 684. The van der Waals surface area contributed by atoms with E-state index in [1.165, 1.54) is 19.3 Å². The number of hydrogen-bond donors (Lipinski definition) is 2. The average Bonchev–Trinajstić information content (AvgIpc) is 2.36. The Hall–Kier alpha value is -2.38. The van der Waals surface area contributed by atoms with Gasteiger partial charge in [-0.3, -0.25) is 23.5 Å². The van der Waals surface area contributed by atoms with Crippen molar-refractivity contribution in [2.24, 2.45) is 7.05 Å². The lowest BCUT2D eigenvalue weighted by Gasteiger charge is -2.41. The van der Waals surface area contributed by atoms with Crippen molar-refractivity contribution in [3.8, 4) is 0 Å². The van der Waals surface area contributed by atoms with Crippen LogP contribution in [0.4, 0.5) is 0 Å². The highest BCUT2D eigenvalue weighted by atomic mass is 16.4. The highest BCUT2D eigenvalue weighted by molar-refractivity contribution is 5.78. The zero-order valence-corrected chi connectivity index (χ0v) is 11.7. The molecule has 114 valence electrons. The van der Waals surface area contributed by atoms with Crippen molar-refractivity contribution >= 4 is 11.9 Å². The zero-order valence-electron chi connectivity index (χ0n) is 11.7. The average molecular weight is 295 g/mol. The van der Waals surface area contributed by atoms with Gasteiger partial charge < -0.3 is 10.4 Å². The summed E-state index contributed by atoms with van der Waals surface area (Å²) >= 11 is 0. The quantitative estimate of drug-likeness (QED) is 0.728. The second-order valence-electron chi connectivity index (χ2n) is 5.38. The normalized spacial score (nSPS) is 16.0. The van der Waals surface area contributed by atoms with Crippen molar-refractivity contribution in [3.05, 3.63) is 33.1 Å². The smallest absolute Gasteiger partial charge is 0.331 e. The van der Waals surface area contributed by atoms with Gasteiger partial charge in [-0.2, -0.15) is 0 Å². The third-order valence-electron chi connectivity index (χ3n) is 3.78. The van der Waals surface area contributed by atoms with Crippen LogP contribution in [-0.2, 0) is 23.2 Å². The Morgan fingerprint density at radius 3 is 2.57 bits per heavy atom. The summed E-state index contributed by atoms with van der Waals surface area (Å²) in [5.74, 6) is -1.40. The maximum atomic E-state index is 12.0. The molecule has 0 saturated heterocycles. The second kappa shape index (κ2) is 5.55. The van der Waals surface area contributed by atoms with Gasteiger partial charge >= 0.3 is 11.7 Å². The van der Waals surface area contributed by atoms with E-state index >= 15 is 0 Å². The van der Waals surface area contributed by atoms with Gasteiger partial charge in [0.05, 0.1) is 12.0 Å². The number of nitrogens with zero attached hydrogens (tertiary/aromatic N) is 2. The summed E-state index contributed by atoms with van der Waals surface area (Å²) in [6.07, 6.45) is 3.24. The lowest BCUT2D eigenvalue weighted by atomic mass is 9.74. The van der Waals surface area contributed by atoms with Crippen LogP contribution in [0.2, 0.25) is 0 Å². The number of carboxylic acid groups (broad SMARTS) is 1. The summed E-state index contributed by atoms with van der Waals surface area (Å²) in [4.78, 5) is 45.9. The first-order valence-corrected chi connectivity index (χ1v) is 6.62. The Morgan fingerprint density at radius 1 is 1.38 bits per heavy atom. The van der Waals surface area contributed by atoms with Gasteiger partial charge in [-0.15, -0.1) is 0 Å². The maximum Gasteiger partial charge on any atom is 0.331 e. The minimum atomic E-state index is -0.964. The van der Waals surface area contributed by atoms with Gasteiger partial charge in [0.25, 0.3) is 5.56 Å². The highest BCUT2D eigenvalue weighted by Crippen LogP contribution is 2.34. The molecule has 1 heterocycles. The number of rotatable bonds is 5. The molecule has 0 aromatic carbocycles. The van der Waals surface area contributed by atoms with Gasteiger partial charge in [0, 0.05) is 19.3 Å². The SMILES string of the molecule is Cn1c(=O)ccn(CC(=O)NC2(CC(=O)O)CCC2)c1=O. The first-order valence-electron chi connectivity index (χ1n) is 6.62. The first kappa shape index (κ1) is 15.0.